The number of para-hydroxylation sites is 1. The second kappa shape index (κ2) is 9.64. The number of nitrogens with zero attached hydrogens (tertiary/aromatic N) is 1. The molecule has 1 N–H and O–H groups in total. The minimum Gasteiger partial charge on any atom is -0.464 e. The third kappa shape index (κ3) is 4.24. The van der Waals surface area contributed by atoms with Crippen molar-refractivity contribution < 1.29 is 28.5 Å². The van der Waals surface area contributed by atoms with Gasteiger partial charge in [-0.25, -0.2) is 0 Å². The molecule has 3 heterocycles. The number of allylic oxidation sites excluding steroid dienone is 1. The van der Waals surface area contributed by atoms with Gasteiger partial charge in [-0.2, -0.15) is 0 Å². The van der Waals surface area contributed by atoms with Gasteiger partial charge in [0.2, 0.25) is 6.29 Å². The summed E-state index contributed by atoms with van der Waals surface area (Å²) in [6.45, 7) is 4.63. The molecule has 1 aromatic carbocycles. The molecule has 1 amide bonds. The number of carbonyl (C=O) groups excluding carboxylic acids is 1. The SMILES string of the molecule is CCO[C@@H]1OC(C(=O)N2CCOCC2)=C[C@H](c2coc3ccccc23)[C@@H]1CCCO. The molecule has 4 rings (SSSR count). The molecule has 7 nitrogen and oxygen atoms in total. The van der Waals surface area contributed by atoms with E-state index in [1.165, 1.54) is 0 Å². The average Bonchev–Trinajstić information content (AvgIpc) is 3.22. The van der Waals surface area contributed by atoms with Gasteiger partial charge in [0.1, 0.15) is 5.58 Å². The number of fused-ring (bicyclic) bond motifs is 1. The highest BCUT2D eigenvalue weighted by Crippen LogP contribution is 2.42. The van der Waals surface area contributed by atoms with Crippen LogP contribution in [0, 0.1) is 5.92 Å². The number of rotatable bonds is 7. The smallest absolute Gasteiger partial charge is 0.288 e. The van der Waals surface area contributed by atoms with Crippen molar-refractivity contribution in [2.24, 2.45) is 5.92 Å². The molecule has 3 atom stereocenters. The minimum absolute atomic E-state index is 0.0423. The van der Waals surface area contributed by atoms with Gasteiger partial charge in [0.25, 0.3) is 5.91 Å². The third-order valence-electron chi connectivity index (χ3n) is 5.79. The molecule has 2 aliphatic heterocycles. The van der Waals surface area contributed by atoms with Crippen LogP contribution in [0.5, 0.6) is 0 Å². The molecule has 30 heavy (non-hydrogen) atoms. The first-order chi connectivity index (χ1) is 14.7. The topological polar surface area (TPSA) is 81.4 Å². The molecule has 1 aromatic heterocycles. The summed E-state index contributed by atoms with van der Waals surface area (Å²) in [6.07, 6.45) is 4.45. The number of amides is 1. The van der Waals surface area contributed by atoms with Crippen LogP contribution in [0.25, 0.3) is 11.0 Å². The summed E-state index contributed by atoms with van der Waals surface area (Å²) in [7, 11) is 0. The number of hydrogen-bond acceptors (Lipinski definition) is 6. The van der Waals surface area contributed by atoms with E-state index in [0.29, 0.717) is 51.5 Å². The lowest BCUT2D eigenvalue weighted by Crippen LogP contribution is -2.44. The van der Waals surface area contributed by atoms with Crippen molar-refractivity contribution in [2.45, 2.75) is 32.0 Å². The first-order valence-corrected chi connectivity index (χ1v) is 10.7. The average molecular weight is 415 g/mol. The Kier molecular flexibility index (Phi) is 6.72. The fourth-order valence-electron chi connectivity index (χ4n) is 4.29. The van der Waals surface area contributed by atoms with Crippen LogP contribution in [-0.2, 0) is 19.0 Å². The quantitative estimate of drug-likeness (QED) is 0.749. The number of morpholine rings is 1. The number of carbonyl (C=O) groups is 1. The zero-order valence-corrected chi connectivity index (χ0v) is 17.3. The first kappa shape index (κ1) is 20.9. The highest BCUT2D eigenvalue weighted by molar-refractivity contribution is 5.92. The van der Waals surface area contributed by atoms with E-state index < -0.39 is 6.29 Å². The van der Waals surface area contributed by atoms with Crippen molar-refractivity contribution in [3.8, 4) is 0 Å². The molecule has 7 heteroatoms. The fourth-order valence-corrected chi connectivity index (χ4v) is 4.29. The van der Waals surface area contributed by atoms with E-state index in [-0.39, 0.29) is 24.3 Å². The van der Waals surface area contributed by atoms with Gasteiger partial charge in [0, 0.05) is 49.1 Å². The molecule has 0 aliphatic carbocycles. The van der Waals surface area contributed by atoms with Crippen molar-refractivity contribution in [2.75, 3.05) is 39.5 Å². The molecule has 0 spiro atoms. The van der Waals surface area contributed by atoms with Crippen LogP contribution in [-0.4, -0.2) is 61.7 Å². The summed E-state index contributed by atoms with van der Waals surface area (Å²) in [6, 6.07) is 7.88. The molecule has 1 fully saturated rings. The van der Waals surface area contributed by atoms with Gasteiger partial charge in [0.05, 0.1) is 19.5 Å². The van der Waals surface area contributed by atoms with Crippen molar-refractivity contribution in [3.05, 3.63) is 47.9 Å². The largest absolute Gasteiger partial charge is 0.464 e. The molecule has 0 saturated carbocycles. The van der Waals surface area contributed by atoms with Gasteiger partial charge in [0.15, 0.2) is 5.76 Å². The number of ether oxygens (including phenoxy) is 3. The third-order valence-corrected chi connectivity index (χ3v) is 5.79. The van der Waals surface area contributed by atoms with E-state index in [0.717, 1.165) is 16.5 Å². The Morgan fingerprint density at radius 2 is 2.07 bits per heavy atom. The van der Waals surface area contributed by atoms with Crippen LogP contribution < -0.4 is 0 Å². The lowest BCUT2D eigenvalue weighted by molar-refractivity contribution is -0.171. The summed E-state index contributed by atoms with van der Waals surface area (Å²) in [5.74, 6) is 0.0112. The van der Waals surface area contributed by atoms with Gasteiger partial charge >= 0.3 is 0 Å². The first-order valence-electron chi connectivity index (χ1n) is 10.7. The number of hydrogen-bond donors (Lipinski definition) is 1. The Labute approximate surface area is 176 Å². The maximum absolute atomic E-state index is 13.2. The van der Waals surface area contributed by atoms with Crippen LogP contribution in [0.1, 0.15) is 31.2 Å². The van der Waals surface area contributed by atoms with E-state index in [4.69, 9.17) is 18.6 Å². The van der Waals surface area contributed by atoms with E-state index in [2.05, 4.69) is 0 Å². The molecule has 2 aliphatic rings. The zero-order valence-electron chi connectivity index (χ0n) is 17.3. The van der Waals surface area contributed by atoms with Gasteiger partial charge in [-0.15, -0.1) is 0 Å². The van der Waals surface area contributed by atoms with Crippen LogP contribution in [0.4, 0.5) is 0 Å². The number of furan rings is 1. The predicted octanol–water partition coefficient (Wildman–Crippen LogP) is 3.04. The molecule has 0 radical (unpaired) electrons. The standard InChI is InChI=1S/C23H29NO6/c1-2-28-23-17(7-5-11-25)18(19-15-29-20-8-4-3-6-16(19)20)14-21(30-23)22(26)24-9-12-27-13-10-24/h3-4,6,8,14-15,17-18,23,25H,2,5,7,9-13H2,1H3/t17-,18-,23+/m0/s1. The zero-order chi connectivity index (χ0) is 20.9. The maximum Gasteiger partial charge on any atom is 0.288 e. The highest BCUT2D eigenvalue weighted by atomic mass is 16.7. The Morgan fingerprint density at radius 1 is 1.27 bits per heavy atom. The van der Waals surface area contributed by atoms with Gasteiger partial charge in [-0.1, -0.05) is 18.2 Å². The second-order valence-corrected chi connectivity index (χ2v) is 7.62. The molecule has 162 valence electrons. The van der Waals surface area contributed by atoms with Crippen LogP contribution in [0.2, 0.25) is 0 Å². The monoisotopic (exact) mass is 415 g/mol. The summed E-state index contributed by atoms with van der Waals surface area (Å²) in [4.78, 5) is 14.9. The van der Waals surface area contributed by atoms with Crippen LogP contribution in [0.15, 0.2) is 46.8 Å². The molecular formula is C23H29NO6. The van der Waals surface area contributed by atoms with Gasteiger partial charge < -0.3 is 28.6 Å². The van der Waals surface area contributed by atoms with E-state index >= 15 is 0 Å². The number of benzene rings is 1. The molecule has 0 bridgehead atoms. The summed E-state index contributed by atoms with van der Waals surface area (Å²) in [5, 5.41) is 10.4. The van der Waals surface area contributed by atoms with Gasteiger partial charge in [-0.3, -0.25) is 4.79 Å². The number of aliphatic hydroxyl groups is 1. The number of aliphatic hydroxyl groups excluding tert-OH is 1. The van der Waals surface area contributed by atoms with Crippen LogP contribution in [0.3, 0.4) is 0 Å². The minimum atomic E-state index is -0.565. The fraction of sp³-hybridized carbons (Fsp3) is 0.522. The summed E-state index contributed by atoms with van der Waals surface area (Å²) >= 11 is 0. The van der Waals surface area contributed by atoms with Crippen LogP contribution >= 0.6 is 0 Å². The molecule has 0 unspecified atom stereocenters. The van der Waals surface area contributed by atoms with Crippen molar-refractivity contribution in [3.63, 3.8) is 0 Å². The normalized spacial score (nSPS) is 24.5. The van der Waals surface area contributed by atoms with Crippen molar-refractivity contribution in [1.82, 2.24) is 4.90 Å². The predicted molar refractivity (Wildman–Crippen MR) is 111 cm³/mol. The molecule has 1 saturated heterocycles. The van der Waals surface area contributed by atoms with E-state index in [1.54, 1.807) is 11.2 Å². The van der Waals surface area contributed by atoms with Crippen molar-refractivity contribution >= 4 is 16.9 Å². The summed E-state index contributed by atoms with van der Waals surface area (Å²) in [5.41, 5.74) is 1.82. The van der Waals surface area contributed by atoms with E-state index in [1.807, 2.05) is 37.3 Å². The van der Waals surface area contributed by atoms with Crippen molar-refractivity contribution in [1.29, 1.82) is 0 Å². The lowest BCUT2D eigenvalue weighted by Gasteiger charge is -2.38. The lowest BCUT2D eigenvalue weighted by atomic mass is 9.80. The highest BCUT2D eigenvalue weighted by Gasteiger charge is 2.40. The Hall–Kier alpha value is -2.35. The Balaban J connectivity index is 1.73. The van der Waals surface area contributed by atoms with E-state index in [9.17, 15) is 9.90 Å². The van der Waals surface area contributed by atoms with Gasteiger partial charge in [-0.05, 0) is 31.9 Å². The Morgan fingerprint density at radius 3 is 2.83 bits per heavy atom. The summed E-state index contributed by atoms with van der Waals surface area (Å²) < 4.78 is 23.2. The molecule has 2 aromatic rings. The second-order valence-electron chi connectivity index (χ2n) is 7.62. The Bertz CT molecular complexity index is 885. The molecular weight excluding hydrogens is 386 g/mol. The maximum atomic E-state index is 13.2.